The normalized spacial score (nSPS) is 19.4. The highest BCUT2D eigenvalue weighted by Gasteiger charge is 2.20. The SMILES string of the molecule is CCN1CCN(Cc2ccccc2CN=C(N)N2CCN(c3nccs3)CC2)CC1. The Morgan fingerprint density at radius 2 is 1.70 bits per heavy atom. The molecule has 0 spiro atoms. The average Bonchev–Trinajstić information content (AvgIpc) is 3.34. The van der Waals surface area contributed by atoms with E-state index in [-0.39, 0.29) is 0 Å². The lowest BCUT2D eigenvalue weighted by Crippen LogP contribution is -2.51. The van der Waals surface area contributed by atoms with Crippen molar-refractivity contribution in [2.75, 3.05) is 63.8 Å². The molecule has 0 radical (unpaired) electrons. The molecule has 30 heavy (non-hydrogen) atoms. The van der Waals surface area contributed by atoms with Gasteiger partial charge in [-0.3, -0.25) is 4.90 Å². The summed E-state index contributed by atoms with van der Waals surface area (Å²) < 4.78 is 0. The van der Waals surface area contributed by atoms with Crippen LogP contribution in [0.25, 0.3) is 0 Å². The van der Waals surface area contributed by atoms with E-state index in [1.54, 1.807) is 11.3 Å². The summed E-state index contributed by atoms with van der Waals surface area (Å²) in [6, 6.07) is 8.66. The molecule has 2 N–H and O–H groups in total. The molecule has 4 rings (SSSR count). The molecule has 2 fully saturated rings. The lowest BCUT2D eigenvalue weighted by Gasteiger charge is -2.35. The van der Waals surface area contributed by atoms with Crippen molar-refractivity contribution in [1.29, 1.82) is 0 Å². The van der Waals surface area contributed by atoms with Crippen LogP contribution in [0.15, 0.2) is 40.8 Å². The number of anilines is 1. The number of aromatic nitrogens is 1. The number of aliphatic imine (C=N–C) groups is 1. The van der Waals surface area contributed by atoms with Crippen molar-refractivity contribution in [1.82, 2.24) is 19.7 Å². The second-order valence-corrected chi connectivity index (χ2v) is 8.82. The number of nitrogens with two attached hydrogens (primary N) is 1. The summed E-state index contributed by atoms with van der Waals surface area (Å²) in [4.78, 5) is 18.7. The predicted molar refractivity (Wildman–Crippen MR) is 125 cm³/mol. The van der Waals surface area contributed by atoms with Crippen LogP contribution in [0.4, 0.5) is 5.13 Å². The highest BCUT2D eigenvalue weighted by atomic mass is 32.1. The quantitative estimate of drug-likeness (QED) is 0.561. The zero-order valence-corrected chi connectivity index (χ0v) is 18.7. The van der Waals surface area contributed by atoms with Crippen molar-refractivity contribution in [3.63, 3.8) is 0 Å². The topological polar surface area (TPSA) is 64.2 Å². The zero-order chi connectivity index (χ0) is 20.8. The minimum absolute atomic E-state index is 0.642. The highest BCUT2D eigenvalue weighted by molar-refractivity contribution is 7.13. The van der Waals surface area contributed by atoms with E-state index in [1.807, 2.05) is 11.6 Å². The van der Waals surface area contributed by atoms with Crippen molar-refractivity contribution < 1.29 is 0 Å². The second-order valence-electron chi connectivity index (χ2n) is 7.94. The lowest BCUT2D eigenvalue weighted by molar-refractivity contribution is 0.131. The average molecular weight is 428 g/mol. The van der Waals surface area contributed by atoms with Crippen molar-refractivity contribution >= 4 is 22.4 Å². The first kappa shape index (κ1) is 21.1. The van der Waals surface area contributed by atoms with Gasteiger partial charge in [-0.1, -0.05) is 31.2 Å². The minimum atomic E-state index is 0.642. The maximum atomic E-state index is 6.35. The van der Waals surface area contributed by atoms with Crippen molar-refractivity contribution in [2.24, 2.45) is 10.7 Å². The fourth-order valence-electron chi connectivity index (χ4n) is 4.14. The summed E-state index contributed by atoms with van der Waals surface area (Å²) in [5.41, 5.74) is 9.00. The molecule has 1 aromatic carbocycles. The molecule has 0 saturated carbocycles. The molecule has 0 bridgehead atoms. The summed E-state index contributed by atoms with van der Waals surface area (Å²) in [6.45, 7) is 13.3. The summed E-state index contributed by atoms with van der Waals surface area (Å²) in [7, 11) is 0. The maximum absolute atomic E-state index is 6.35. The number of guanidine groups is 1. The van der Waals surface area contributed by atoms with Crippen molar-refractivity contribution in [2.45, 2.75) is 20.0 Å². The molecular formula is C22H33N7S. The van der Waals surface area contributed by atoms with E-state index in [9.17, 15) is 0 Å². The second kappa shape index (κ2) is 10.2. The Labute approximate surface area is 183 Å². The van der Waals surface area contributed by atoms with Crippen molar-refractivity contribution in [3.05, 3.63) is 47.0 Å². The van der Waals surface area contributed by atoms with Crippen LogP contribution in [0.3, 0.4) is 0 Å². The monoisotopic (exact) mass is 427 g/mol. The number of nitrogens with zero attached hydrogens (tertiary/aromatic N) is 6. The van der Waals surface area contributed by atoms with E-state index in [4.69, 9.17) is 10.7 Å². The number of likely N-dealkylation sites (N-methyl/N-ethyl adjacent to an activating group) is 1. The van der Waals surface area contributed by atoms with Gasteiger partial charge in [-0.25, -0.2) is 9.98 Å². The Balaban J connectivity index is 1.31. The lowest BCUT2D eigenvalue weighted by atomic mass is 10.1. The van der Waals surface area contributed by atoms with Crippen LogP contribution in [-0.4, -0.2) is 84.5 Å². The number of rotatable bonds is 6. The Kier molecular flexibility index (Phi) is 7.20. The van der Waals surface area contributed by atoms with Crippen LogP contribution >= 0.6 is 11.3 Å². The first-order chi connectivity index (χ1) is 14.7. The van der Waals surface area contributed by atoms with Gasteiger partial charge in [0.25, 0.3) is 0 Å². The summed E-state index contributed by atoms with van der Waals surface area (Å²) in [5, 5.41) is 3.12. The van der Waals surface area contributed by atoms with E-state index in [0.717, 1.165) is 70.6 Å². The van der Waals surface area contributed by atoms with Gasteiger partial charge in [-0.15, -0.1) is 11.3 Å². The Bertz CT molecular complexity index is 807. The molecule has 2 aliphatic rings. The fraction of sp³-hybridized carbons (Fsp3) is 0.545. The van der Waals surface area contributed by atoms with E-state index < -0.39 is 0 Å². The number of piperazine rings is 2. The van der Waals surface area contributed by atoms with Gasteiger partial charge in [0.2, 0.25) is 0 Å². The molecule has 0 unspecified atom stereocenters. The van der Waals surface area contributed by atoms with Gasteiger partial charge in [0.15, 0.2) is 11.1 Å². The standard InChI is InChI=1S/C22H33N7S/c1-2-26-8-10-27(11-9-26)18-20-6-4-3-5-19(20)17-25-21(23)28-12-14-29(15-13-28)22-24-7-16-30-22/h3-7,16H,2,8-15,17-18H2,1H3,(H2,23,25). The predicted octanol–water partition coefficient (Wildman–Crippen LogP) is 1.92. The van der Waals surface area contributed by atoms with Crippen LogP contribution in [0, 0.1) is 0 Å². The van der Waals surface area contributed by atoms with Gasteiger partial charge < -0.3 is 20.4 Å². The van der Waals surface area contributed by atoms with Crippen LogP contribution in [0.2, 0.25) is 0 Å². The van der Waals surface area contributed by atoms with E-state index in [2.05, 4.69) is 55.8 Å². The molecule has 2 aliphatic heterocycles. The molecular weight excluding hydrogens is 394 g/mol. The number of hydrogen-bond acceptors (Lipinski definition) is 6. The van der Waals surface area contributed by atoms with Gasteiger partial charge in [0.05, 0.1) is 6.54 Å². The molecule has 0 atom stereocenters. The third-order valence-electron chi connectivity index (χ3n) is 6.13. The van der Waals surface area contributed by atoms with E-state index in [1.165, 1.54) is 11.1 Å². The molecule has 8 heteroatoms. The Morgan fingerprint density at radius 1 is 1.00 bits per heavy atom. The van der Waals surface area contributed by atoms with Gasteiger partial charge in [0, 0.05) is 70.5 Å². The molecule has 162 valence electrons. The molecule has 2 aromatic rings. The zero-order valence-electron chi connectivity index (χ0n) is 17.9. The van der Waals surface area contributed by atoms with Gasteiger partial charge in [-0.2, -0.15) is 0 Å². The smallest absolute Gasteiger partial charge is 0.191 e. The highest BCUT2D eigenvalue weighted by Crippen LogP contribution is 2.19. The number of benzene rings is 1. The molecule has 7 nitrogen and oxygen atoms in total. The van der Waals surface area contributed by atoms with E-state index in [0.29, 0.717) is 12.5 Å². The van der Waals surface area contributed by atoms with Crippen LogP contribution in [0.5, 0.6) is 0 Å². The molecule has 0 aliphatic carbocycles. The third kappa shape index (κ3) is 5.30. The van der Waals surface area contributed by atoms with Gasteiger partial charge in [0.1, 0.15) is 0 Å². The van der Waals surface area contributed by atoms with Gasteiger partial charge >= 0.3 is 0 Å². The fourth-order valence-corrected chi connectivity index (χ4v) is 4.83. The maximum Gasteiger partial charge on any atom is 0.191 e. The first-order valence-electron chi connectivity index (χ1n) is 10.9. The summed E-state index contributed by atoms with van der Waals surface area (Å²) in [5.74, 6) is 0.653. The molecule has 1 aromatic heterocycles. The Hall–Kier alpha value is -2.16. The van der Waals surface area contributed by atoms with Crippen LogP contribution < -0.4 is 10.6 Å². The molecule has 3 heterocycles. The minimum Gasteiger partial charge on any atom is -0.370 e. The van der Waals surface area contributed by atoms with Crippen LogP contribution in [-0.2, 0) is 13.1 Å². The Morgan fingerprint density at radius 3 is 2.37 bits per heavy atom. The van der Waals surface area contributed by atoms with E-state index >= 15 is 0 Å². The van der Waals surface area contributed by atoms with Gasteiger partial charge in [-0.05, 0) is 17.7 Å². The molecule has 2 saturated heterocycles. The first-order valence-corrected chi connectivity index (χ1v) is 11.8. The van der Waals surface area contributed by atoms with Crippen LogP contribution in [0.1, 0.15) is 18.1 Å². The van der Waals surface area contributed by atoms with Crippen molar-refractivity contribution in [3.8, 4) is 0 Å². The summed E-state index contributed by atoms with van der Waals surface area (Å²) in [6.07, 6.45) is 1.86. The third-order valence-corrected chi connectivity index (χ3v) is 6.96. The largest absolute Gasteiger partial charge is 0.370 e. The number of thiazole rings is 1. The summed E-state index contributed by atoms with van der Waals surface area (Å²) >= 11 is 1.69. The number of hydrogen-bond donors (Lipinski definition) is 1. The molecule has 0 amide bonds.